The summed E-state index contributed by atoms with van der Waals surface area (Å²) in [6.45, 7) is 7.57. The SMILES string of the molecule is Cc1ccc(-c2cn3nc(-c4cc(C(N)=NO)ccc4Cl)ccc3n2)cc1NC(=O)C(C)(C)C. The molecule has 2 aromatic carbocycles. The third-order valence-corrected chi connectivity index (χ3v) is 5.76. The number of benzene rings is 2. The number of amides is 1. The zero-order chi connectivity index (χ0) is 24.6. The summed E-state index contributed by atoms with van der Waals surface area (Å²) in [5.74, 6) is -0.0716. The molecule has 0 spiro atoms. The molecule has 34 heavy (non-hydrogen) atoms. The van der Waals surface area contributed by atoms with Gasteiger partial charge in [-0.05, 0) is 48.9 Å². The van der Waals surface area contributed by atoms with Crippen molar-refractivity contribution in [3.05, 3.63) is 70.9 Å². The van der Waals surface area contributed by atoms with Crippen LogP contribution in [0.5, 0.6) is 0 Å². The average Bonchev–Trinajstić information content (AvgIpc) is 3.23. The third-order valence-electron chi connectivity index (χ3n) is 5.43. The summed E-state index contributed by atoms with van der Waals surface area (Å²) >= 11 is 6.39. The predicted octanol–water partition coefficient (Wildman–Crippen LogP) is 5.10. The molecule has 2 aromatic heterocycles. The number of hydrogen-bond acceptors (Lipinski definition) is 5. The Morgan fingerprint density at radius 1 is 1.12 bits per heavy atom. The molecule has 0 aliphatic heterocycles. The van der Waals surface area contributed by atoms with Gasteiger partial charge in [0.1, 0.15) is 0 Å². The van der Waals surface area contributed by atoms with Crippen molar-refractivity contribution in [2.45, 2.75) is 27.7 Å². The summed E-state index contributed by atoms with van der Waals surface area (Å²) in [6.07, 6.45) is 1.82. The normalized spacial score (nSPS) is 12.2. The highest BCUT2D eigenvalue weighted by Crippen LogP contribution is 2.30. The van der Waals surface area contributed by atoms with E-state index in [9.17, 15) is 4.79 Å². The van der Waals surface area contributed by atoms with E-state index >= 15 is 0 Å². The third kappa shape index (κ3) is 4.58. The van der Waals surface area contributed by atoms with Crippen LogP contribution in [0.3, 0.4) is 0 Å². The van der Waals surface area contributed by atoms with Crippen LogP contribution >= 0.6 is 11.6 Å². The molecule has 4 aromatic rings. The van der Waals surface area contributed by atoms with Crippen molar-refractivity contribution in [2.75, 3.05) is 5.32 Å². The highest BCUT2D eigenvalue weighted by Gasteiger charge is 2.22. The minimum absolute atomic E-state index is 0.0161. The van der Waals surface area contributed by atoms with E-state index < -0.39 is 5.41 Å². The molecular weight excluding hydrogens is 452 g/mol. The summed E-state index contributed by atoms with van der Waals surface area (Å²) in [4.78, 5) is 17.2. The maximum Gasteiger partial charge on any atom is 0.229 e. The van der Waals surface area contributed by atoms with Gasteiger partial charge >= 0.3 is 0 Å². The van der Waals surface area contributed by atoms with Crippen LogP contribution in [0, 0.1) is 12.3 Å². The topological polar surface area (TPSA) is 118 Å². The number of anilines is 1. The Labute approximate surface area is 202 Å². The van der Waals surface area contributed by atoms with E-state index in [-0.39, 0.29) is 11.7 Å². The van der Waals surface area contributed by atoms with Gasteiger partial charge in [0.2, 0.25) is 5.91 Å². The zero-order valence-corrected chi connectivity index (χ0v) is 20.1. The Bertz CT molecular complexity index is 1440. The summed E-state index contributed by atoms with van der Waals surface area (Å²) in [5, 5.41) is 20.2. The number of amidine groups is 1. The minimum atomic E-state index is -0.502. The molecule has 4 N–H and O–H groups in total. The number of oxime groups is 1. The predicted molar refractivity (Wildman–Crippen MR) is 134 cm³/mol. The van der Waals surface area contributed by atoms with Crippen molar-refractivity contribution < 1.29 is 10.0 Å². The van der Waals surface area contributed by atoms with Crippen LogP contribution in [-0.4, -0.2) is 31.5 Å². The van der Waals surface area contributed by atoms with Crippen LogP contribution in [0.25, 0.3) is 28.2 Å². The van der Waals surface area contributed by atoms with Gasteiger partial charge < -0.3 is 16.3 Å². The van der Waals surface area contributed by atoms with Crippen molar-refractivity contribution in [1.29, 1.82) is 0 Å². The molecule has 0 radical (unpaired) electrons. The minimum Gasteiger partial charge on any atom is -0.409 e. The molecule has 0 atom stereocenters. The van der Waals surface area contributed by atoms with Gasteiger partial charge in [0.15, 0.2) is 11.5 Å². The molecule has 8 nitrogen and oxygen atoms in total. The summed E-state index contributed by atoms with van der Waals surface area (Å²) < 4.78 is 1.67. The van der Waals surface area contributed by atoms with Crippen LogP contribution < -0.4 is 11.1 Å². The van der Waals surface area contributed by atoms with Crippen LogP contribution in [0.15, 0.2) is 59.9 Å². The molecule has 4 rings (SSSR count). The number of nitrogens with one attached hydrogen (secondary N) is 1. The lowest BCUT2D eigenvalue weighted by Crippen LogP contribution is -2.27. The number of nitrogens with two attached hydrogens (primary N) is 1. The first kappa shape index (κ1) is 23.3. The molecule has 0 fully saturated rings. The lowest BCUT2D eigenvalue weighted by Gasteiger charge is -2.19. The molecule has 9 heteroatoms. The largest absolute Gasteiger partial charge is 0.409 e. The van der Waals surface area contributed by atoms with Gasteiger partial charge in [-0.3, -0.25) is 4.79 Å². The molecule has 0 bridgehead atoms. The van der Waals surface area contributed by atoms with Crippen molar-refractivity contribution >= 4 is 34.7 Å². The quantitative estimate of drug-likeness (QED) is 0.164. The Kier molecular flexibility index (Phi) is 6.01. The van der Waals surface area contributed by atoms with E-state index in [2.05, 4.69) is 20.6 Å². The number of fused-ring (bicyclic) bond motifs is 1. The fraction of sp³-hybridized carbons (Fsp3) is 0.200. The molecule has 0 unspecified atom stereocenters. The lowest BCUT2D eigenvalue weighted by molar-refractivity contribution is -0.123. The second kappa shape index (κ2) is 8.79. The monoisotopic (exact) mass is 476 g/mol. The zero-order valence-electron chi connectivity index (χ0n) is 19.3. The number of carbonyl (C=O) groups excluding carboxylic acids is 1. The van der Waals surface area contributed by atoms with E-state index in [4.69, 9.17) is 22.5 Å². The van der Waals surface area contributed by atoms with Crippen molar-refractivity contribution in [3.63, 3.8) is 0 Å². The number of aryl methyl sites for hydroxylation is 1. The molecule has 0 saturated carbocycles. The number of aromatic nitrogens is 3. The first-order chi connectivity index (χ1) is 16.1. The lowest BCUT2D eigenvalue weighted by atomic mass is 9.95. The smallest absolute Gasteiger partial charge is 0.229 e. The highest BCUT2D eigenvalue weighted by atomic mass is 35.5. The average molecular weight is 477 g/mol. The standard InChI is InChI=1S/C25H25ClN6O2/c1-14-5-6-15(12-20(14)29-24(33)25(2,3)4)21-13-32-22(28-21)10-9-19(30-32)17-11-16(23(27)31-34)7-8-18(17)26/h5-13,34H,1-4H3,(H2,27,31)(H,29,33). The summed E-state index contributed by atoms with van der Waals surface area (Å²) in [6, 6.07) is 14.5. The van der Waals surface area contributed by atoms with E-state index in [0.29, 0.717) is 33.2 Å². The first-order valence-electron chi connectivity index (χ1n) is 10.6. The van der Waals surface area contributed by atoms with Gasteiger partial charge in [-0.25, -0.2) is 9.50 Å². The molecule has 0 aliphatic rings. The molecule has 1 amide bonds. The second-order valence-corrected chi connectivity index (χ2v) is 9.47. The van der Waals surface area contributed by atoms with E-state index in [0.717, 1.165) is 16.8 Å². The van der Waals surface area contributed by atoms with Crippen molar-refractivity contribution in [3.8, 4) is 22.5 Å². The number of rotatable bonds is 4. The van der Waals surface area contributed by atoms with Gasteiger partial charge in [0.25, 0.3) is 0 Å². The van der Waals surface area contributed by atoms with Crippen molar-refractivity contribution in [1.82, 2.24) is 14.6 Å². The molecular formula is C25H25ClN6O2. The summed E-state index contributed by atoms with van der Waals surface area (Å²) in [5.41, 5.74) is 10.9. The number of halogens is 1. The van der Waals surface area contributed by atoms with Gasteiger partial charge in [-0.2, -0.15) is 5.10 Å². The van der Waals surface area contributed by atoms with Crippen LogP contribution in [0.4, 0.5) is 5.69 Å². The Balaban J connectivity index is 1.72. The maximum absolute atomic E-state index is 12.5. The maximum atomic E-state index is 12.5. The van der Waals surface area contributed by atoms with Crippen LogP contribution in [-0.2, 0) is 4.79 Å². The van der Waals surface area contributed by atoms with E-state index in [1.165, 1.54) is 0 Å². The van der Waals surface area contributed by atoms with Gasteiger partial charge in [0, 0.05) is 27.8 Å². The van der Waals surface area contributed by atoms with Gasteiger partial charge in [0.05, 0.1) is 22.6 Å². The Morgan fingerprint density at radius 2 is 1.88 bits per heavy atom. The molecule has 2 heterocycles. The van der Waals surface area contributed by atoms with E-state index in [1.54, 1.807) is 22.7 Å². The Hall–Kier alpha value is -3.91. The summed E-state index contributed by atoms with van der Waals surface area (Å²) in [7, 11) is 0. The molecule has 0 saturated heterocycles. The van der Waals surface area contributed by atoms with Crippen LogP contribution in [0.1, 0.15) is 31.9 Å². The van der Waals surface area contributed by atoms with Crippen molar-refractivity contribution in [2.24, 2.45) is 16.3 Å². The number of imidazole rings is 1. The number of carbonyl (C=O) groups is 1. The van der Waals surface area contributed by atoms with Gasteiger partial charge in [-0.15, -0.1) is 0 Å². The van der Waals surface area contributed by atoms with Gasteiger partial charge in [-0.1, -0.05) is 49.7 Å². The van der Waals surface area contributed by atoms with Crippen LogP contribution in [0.2, 0.25) is 5.02 Å². The first-order valence-corrected chi connectivity index (χ1v) is 11.0. The fourth-order valence-electron chi connectivity index (χ4n) is 3.33. The van der Waals surface area contributed by atoms with E-state index in [1.807, 2.05) is 64.2 Å². The second-order valence-electron chi connectivity index (χ2n) is 9.06. The number of hydrogen-bond donors (Lipinski definition) is 3. The Morgan fingerprint density at radius 3 is 2.59 bits per heavy atom. The molecule has 0 aliphatic carbocycles. The highest BCUT2D eigenvalue weighted by molar-refractivity contribution is 6.33. The fourth-order valence-corrected chi connectivity index (χ4v) is 3.54. The number of nitrogens with zero attached hydrogens (tertiary/aromatic N) is 4. The molecule has 174 valence electrons.